The first-order chi connectivity index (χ1) is 16.7. The molecule has 0 bridgehead atoms. The number of anilines is 1. The highest BCUT2D eigenvalue weighted by molar-refractivity contribution is 7.92. The Hall–Kier alpha value is -3.27. The summed E-state index contributed by atoms with van der Waals surface area (Å²) in [5, 5.41) is 2.87. The number of sulfonamides is 1. The van der Waals surface area contributed by atoms with Crippen molar-refractivity contribution in [3.63, 3.8) is 0 Å². The molecule has 2 amide bonds. The zero-order valence-corrected chi connectivity index (χ0v) is 21.2. The van der Waals surface area contributed by atoms with Gasteiger partial charge in [0.15, 0.2) is 11.5 Å². The van der Waals surface area contributed by atoms with Gasteiger partial charge in [-0.25, -0.2) is 8.42 Å². The smallest absolute Gasteiger partial charge is 0.244 e. The zero-order valence-electron chi connectivity index (χ0n) is 20.4. The van der Waals surface area contributed by atoms with E-state index in [1.807, 2.05) is 37.3 Å². The van der Waals surface area contributed by atoms with Gasteiger partial charge in [-0.3, -0.25) is 13.9 Å². The number of hydrogen-bond donors (Lipinski definition) is 1. The maximum Gasteiger partial charge on any atom is 0.244 e. The third-order valence-electron chi connectivity index (χ3n) is 5.80. The van der Waals surface area contributed by atoms with Crippen molar-refractivity contribution in [1.29, 1.82) is 0 Å². The molecular weight excluding hydrogens is 470 g/mol. The minimum absolute atomic E-state index is 0.0501. The van der Waals surface area contributed by atoms with Crippen molar-refractivity contribution < 1.29 is 27.5 Å². The van der Waals surface area contributed by atoms with Crippen LogP contribution >= 0.6 is 0 Å². The molecule has 0 aromatic heterocycles. The number of amides is 2. The molecular formula is C25H33N3O6S. The number of unbranched alkanes of at least 4 members (excludes halogenated alkanes) is 1. The second-order valence-electron chi connectivity index (χ2n) is 8.45. The van der Waals surface area contributed by atoms with Gasteiger partial charge in [-0.2, -0.15) is 0 Å². The molecule has 9 nitrogen and oxygen atoms in total. The van der Waals surface area contributed by atoms with Crippen LogP contribution in [0.5, 0.6) is 11.5 Å². The Morgan fingerprint density at radius 2 is 1.80 bits per heavy atom. The summed E-state index contributed by atoms with van der Waals surface area (Å²) in [5.41, 5.74) is 1.30. The number of ether oxygens (including phenoxy) is 2. The van der Waals surface area contributed by atoms with Gasteiger partial charge in [0, 0.05) is 19.2 Å². The standard InChI is InChI=1S/C25H33N3O6S/c1-4-5-14-26-25(30)19(2)27(15-13-20-9-7-6-8-10-20)24(29)17-28(35(3,31)32)21-11-12-22-23(16-21)34-18-33-22/h6-12,16,19H,4-5,13-15,17-18H2,1-3H3,(H,26,30). The van der Waals surface area contributed by atoms with Crippen LogP contribution in [0.15, 0.2) is 48.5 Å². The van der Waals surface area contributed by atoms with Crippen molar-refractivity contribution in [2.24, 2.45) is 0 Å². The van der Waals surface area contributed by atoms with Crippen molar-refractivity contribution in [1.82, 2.24) is 10.2 Å². The topological polar surface area (TPSA) is 105 Å². The Kier molecular flexibility index (Phi) is 8.97. The second kappa shape index (κ2) is 11.9. The Balaban J connectivity index is 1.82. The highest BCUT2D eigenvalue weighted by Crippen LogP contribution is 2.36. The summed E-state index contributed by atoms with van der Waals surface area (Å²) in [7, 11) is -3.81. The van der Waals surface area contributed by atoms with E-state index in [1.165, 1.54) is 11.0 Å². The number of fused-ring (bicyclic) bond motifs is 1. The Morgan fingerprint density at radius 3 is 2.49 bits per heavy atom. The van der Waals surface area contributed by atoms with Crippen LogP contribution in [0.1, 0.15) is 32.3 Å². The number of carbonyl (C=O) groups is 2. The Bertz CT molecular complexity index is 1120. The van der Waals surface area contributed by atoms with Gasteiger partial charge >= 0.3 is 0 Å². The summed E-state index contributed by atoms with van der Waals surface area (Å²) >= 11 is 0. The number of nitrogens with one attached hydrogen (secondary N) is 1. The fourth-order valence-corrected chi connectivity index (χ4v) is 4.60. The third-order valence-corrected chi connectivity index (χ3v) is 6.94. The number of nitrogens with zero attached hydrogens (tertiary/aromatic N) is 2. The Labute approximate surface area is 207 Å². The average molecular weight is 504 g/mol. The number of benzene rings is 2. The van der Waals surface area contributed by atoms with Crippen molar-refractivity contribution in [2.75, 3.05) is 37.0 Å². The summed E-state index contributed by atoms with van der Waals surface area (Å²) in [6.45, 7) is 4.09. The van der Waals surface area contributed by atoms with Crippen LogP contribution in [0.2, 0.25) is 0 Å². The van der Waals surface area contributed by atoms with Gasteiger partial charge in [-0.15, -0.1) is 0 Å². The second-order valence-corrected chi connectivity index (χ2v) is 10.4. The van der Waals surface area contributed by atoms with Gasteiger partial charge in [-0.1, -0.05) is 43.7 Å². The molecule has 0 aliphatic carbocycles. The molecule has 35 heavy (non-hydrogen) atoms. The maximum absolute atomic E-state index is 13.5. The molecule has 10 heteroatoms. The SMILES string of the molecule is CCCCNC(=O)C(C)N(CCc1ccccc1)C(=O)CN(c1ccc2c(c1)OCO2)S(C)(=O)=O. The molecule has 0 saturated heterocycles. The van der Waals surface area contributed by atoms with Gasteiger partial charge in [0.05, 0.1) is 11.9 Å². The molecule has 0 fully saturated rings. The van der Waals surface area contributed by atoms with Crippen LogP contribution in [0.3, 0.4) is 0 Å². The molecule has 2 aromatic rings. The minimum atomic E-state index is -3.81. The summed E-state index contributed by atoms with van der Waals surface area (Å²) in [6, 6.07) is 13.6. The van der Waals surface area contributed by atoms with Gasteiger partial charge < -0.3 is 19.7 Å². The molecule has 0 radical (unpaired) electrons. The molecule has 1 unspecified atom stereocenters. The van der Waals surface area contributed by atoms with Crippen molar-refractivity contribution in [3.8, 4) is 11.5 Å². The van der Waals surface area contributed by atoms with Gasteiger partial charge in [0.25, 0.3) is 0 Å². The van der Waals surface area contributed by atoms with E-state index in [0.717, 1.165) is 29.0 Å². The number of rotatable bonds is 12. The normalized spacial score (nSPS) is 13.2. The van der Waals surface area contributed by atoms with Gasteiger partial charge in [-0.05, 0) is 37.5 Å². The van der Waals surface area contributed by atoms with E-state index in [2.05, 4.69) is 5.32 Å². The van der Waals surface area contributed by atoms with Crippen LogP contribution in [-0.4, -0.2) is 63.9 Å². The van der Waals surface area contributed by atoms with Crippen molar-refractivity contribution in [2.45, 2.75) is 39.2 Å². The fourth-order valence-electron chi connectivity index (χ4n) is 3.76. The average Bonchev–Trinajstić information content (AvgIpc) is 3.30. The van der Waals surface area contributed by atoms with E-state index in [-0.39, 0.29) is 24.9 Å². The molecule has 190 valence electrons. The first-order valence-electron chi connectivity index (χ1n) is 11.7. The number of carbonyl (C=O) groups excluding carboxylic acids is 2. The molecule has 2 aromatic carbocycles. The third kappa shape index (κ3) is 7.11. The first kappa shape index (κ1) is 26.3. The Morgan fingerprint density at radius 1 is 1.09 bits per heavy atom. The minimum Gasteiger partial charge on any atom is -0.454 e. The number of hydrogen-bond acceptors (Lipinski definition) is 6. The first-order valence-corrected chi connectivity index (χ1v) is 13.5. The lowest BCUT2D eigenvalue weighted by Gasteiger charge is -2.31. The molecule has 0 spiro atoms. The van der Waals surface area contributed by atoms with Crippen LogP contribution in [-0.2, 0) is 26.0 Å². The predicted molar refractivity (Wildman–Crippen MR) is 134 cm³/mol. The van der Waals surface area contributed by atoms with E-state index in [9.17, 15) is 18.0 Å². The highest BCUT2D eigenvalue weighted by atomic mass is 32.2. The van der Waals surface area contributed by atoms with Crippen molar-refractivity contribution >= 4 is 27.5 Å². The molecule has 1 heterocycles. The molecule has 0 saturated carbocycles. The van der Waals surface area contributed by atoms with E-state index >= 15 is 0 Å². The summed E-state index contributed by atoms with van der Waals surface area (Å²) in [4.78, 5) is 27.7. The lowest BCUT2D eigenvalue weighted by Crippen LogP contribution is -2.52. The van der Waals surface area contributed by atoms with E-state index < -0.39 is 28.5 Å². The van der Waals surface area contributed by atoms with E-state index in [4.69, 9.17) is 9.47 Å². The predicted octanol–water partition coefficient (Wildman–Crippen LogP) is 2.56. The molecule has 1 atom stereocenters. The van der Waals surface area contributed by atoms with Crippen LogP contribution < -0.4 is 19.1 Å². The van der Waals surface area contributed by atoms with Gasteiger partial charge in [0.2, 0.25) is 28.6 Å². The van der Waals surface area contributed by atoms with Crippen LogP contribution in [0.4, 0.5) is 5.69 Å². The fraction of sp³-hybridized carbons (Fsp3) is 0.440. The lowest BCUT2D eigenvalue weighted by molar-refractivity contribution is -0.138. The maximum atomic E-state index is 13.5. The lowest BCUT2D eigenvalue weighted by atomic mass is 10.1. The quantitative estimate of drug-likeness (QED) is 0.447. The summed E-state index contributed by atoms with van der Waals surface area (Å²) in [5.74, 6) is 0.180. The van der Waals surface area contributed by atoms with Gasteiger partial charge in [0.1, 0.15) is 12.6 Å². The molecule has 1 aliphatic heterocycles. The summed E-state index contributed by atoms with van der Waals surface area (Å²) in [6.07, 6.45) is 3.34. The van der Waals surface area contributed by atoms with Crippen molar-refractivity contribution in [3.05, 3.63) is 54.1 Å². The zero-order chi connectivity index (χ0) is 25.4. The van der Waals surface area contributed by atoms with Crippen LogP contribution in [0.25, 0.3) is 0 Å². The monoisotopic (exact) mass is 503 g/mol. The molecule has 3 rings (SSSR count). The molecule has 1 N–H and O–H groups in total. The summed E-state index contributed by atoms with van der Waals surface area (Å²) < 4.78 is 37.0. The largest absolute Gasteiger partial charge is 0.454 e. The highest BCUT2D eigenvalue weighted by Gasteiger charge is 2.30. The molecule has 1 aliphatic rings. The van der Waals surface area contributed by atoms with Crippen LogP contribution in [0, 0.1) is 0 Å². The van der Waals surface area contributed by atoms with E-state index in [1.54, 1.807) is 19.1 Å². The van der Waals surface area contributed by atoms with E-state index in [0.29, 0.717) is 24.5 Å².